The average Bonchev–Trinajstić information content (AvgIpc) is 2.61. The van der Waals surface area contributed by atoms with Crippen LogP contribution in [0.15, 0.2) is 58.7 Å². The van der Waals surface area contributed by atoms with Gasteiger partial charge in [-0.1, -0.05) is 18.2 Å². The van der Waals surface area contributed by atoms with Crippen molar-refractivity contribution >= 4 is 10.9 Å². The van der Waals surface area contributed by atoms with Crippen molar-refractivity contribution in [3.05, 3.63) is 87.0 Å². The number of hydrogen-bond acceptors (Lipinski definition) is 4. The molecule has 7 heteroatoms. The smallest absolute Gasteiger partial charge is 0.256 e. The van der Waals surface area contributed by atoms with Gasteiger partial charge in [0.15, 0.2) is 0 Å². The molecule has 1 aliphatic heterocycles. The highest BCUT2D eigenvalue weighted by molar-refractivity contribution is 5.87. The molecular formula is C19H11F2N3O2. The number of nitrogens with one attached hydrogen (secondary N) is 1. The van der Waals surface area contributed by atoms with E-state index in [1.807, 2.05) is 6.07 Å². The van der Waals surface area contributed by atoms with Gasteiger partial charge >= 0.3 is 0 Å². The quantitative estimate of drug-likeness (QED) is 0.705. The molecule has 1 aliphatic rings. The van der Waals surface area contributed by atoms with E-state index in [-0.39, 0.29) is 28.3 Å². The SMILES string of the molecule is N#CC1=C(N)Oc2c(c(=O)[nH]c3ccccc23)[C@H]1c1ccc(F)cc1F. The van der Waals surface area contributed by atoms with Gasteiger partial charge in [-0.2, -0.15) is 5.26 Å². The van der Waals surface area contributed by atoms with E-state index in [0.717, 1.165) is 6.07 Å². The summed E-state index contributed by atoms with van der Waals surface area (Å²) in [6.45, 7) is 0. The number of rotatable bonds is 1. The number of benzene rings is 2. The number of halogens is 2. The van der Waals surface area contributed by atoms with Crippen LogP contribution in [0, 0.1) is 23.0 Å². The summed E-state index contributed by atoms with van der Waals surface area (Å²) in [5.74, 6) is -2.80. The third-order valence-electron chi connectivity index (χ3n) is 4.36. The normalized spacial score (nSPS) is 16.1. The molecule has 0 bridgehead atoms. The zero-order valence-electron chi connectivity index (χ0n) is 13.2. The number of H-pyrrole nitrogens is 1. The predicted octanol–water partition coefficient (Wildman–Crippen LogP) is 3.02. The summed E-state index contributed by atoms with van der Waals surface area (Å²) in [6, 6.07) is 11.7. The number of nitrogens with two attached hydrogens (primary N) is 1. The third-order valence-corrected chi connectivity index (χ3v) is 4.36. The lowest BCUT2D eigenvalue weighted by Crippen LogP contribution is -2.28. The highest BCUT2D eigenvalue weighted by Crippen LogP contribution is 2.43. The van der Waals surface area contributed by atoms with Crippen LogP contribution in [0.1, 0.15) is 17.0 Å². The Balaban J connectivity index is 2.10. The van der Waals surface area contributed by atoms with Crippen molar-refractivity contribution in [1.29, 1.82) is 5.26 Å². The van der Waals surface area contributed by atoms with E-state index in [1.165, 1.54) is 6.07 Å². The molecule has 0 unspecified atom stereocenters. The summed E-state index contributed by atoms with van der Waals surface area (Å²) in [5.41, 5.74) is 5.78. The lowest BCUT2D eigenvalue weighted by molar-refractivity contribution is 0.395. The molecule has 0 spiro atoms. The molecule has 2 heterocycles. The highest BCUT2D eigenvalue weighted by Gasteiger charge is 2.36. The molecule has 4 rings (SSSR count). The second-order valence-corrected chi connectivity index (χ2v) is 5.83. The number of ether oxygens (including phenoxy) is 1. The zero-order chi connectivity index (χ0) is 18.4. The second kappa shape index (κ2) is 5.70. The van der Waals surface area contributed by atoms with Gasteiger partial charge in [0.05, 0.1) is 17.0 Å². The van der Waals surface area contributed by atoms with Gasteiger partial charge in [0, 0.05) is 17.0 Å². The van der Waals surface area contributed by atoms with Crippen LogP contribution in [0.2, 0.25) is 0 Å². The van der Waals surface area contributed by atoms with Crippen LogP contribution in [0.25, 0.3) is 10.9 Å². The van der Waals surface area contributed by atoms with Crippen molar-refractivity contribution in [1.82, 2.24) is 4.98 Å². The number of pyridine rings is 1. The van der Waals surface area contributed by atoms with Crippen LogP contribution in [-0.4, -0.2) is 4.98 Å². The summed E-state index contributed by atoms with van der Waals surface area (Å²) >= 11 is 0. The topological polar surface area (TPSA) is 91.9 Å². The minimum atomic E-state index is -1.10. The number of aromatic amines is 1. The number of nitriles is 1. The first kappa shape index (κ1) is 15.8. The molecule has 0 aliphatic carbocycles. The van der Waals surface area contributed by atoms with Crippen molar-refractivity contribution in [2.24, 2.45) is 5.73 Å². The van der Waals surface area contributed by atoms with Gasteiger partial charge in [0.1, 0.15) is 29.0 Å². The third kappa shape index (κ3) is 2.24. The molecule has 26 heavy (non-hydrogen) atoms. The molecule has 1 aromatic heterocycles. The van der Waals surface area contributed by atoms with Gasteiger partial charge in [0.2, 0.25) is 5.88 Å². The number of allylic oxidation sites excluding steroid dienone is 1. The van der Waals surface area contributed by atoms with Crippen LogP contribution in [0.3, 0.4) is 0 Å². The van der Waals surface area contributed by atoms with Gasteiger partial charge < -0.3 is 15.5 Å². The Bertz CT molecular complexity index is 1190. The Morgan fingerprint density at radius 3 is 2.69 bits per heavy atom. The van der Waals surface area contributed by atoms with Crippen molar-refractivity contribution in [3.8, 4) is 11.8 Å². The molecule has 2 aromatic carbocycles. The summed E-state index contributed by atoms with van der Waals surface area (Å²) in [4.78, 5) is 15.4. The van der Waals surface area contributed by atoms with E-state index in [1.54, 1.807) is 24.3 Å². The van der Waals surface area contributed by atoms with Crippen molar-refractivity contribution < 1.29 is 13.5 Å². The Morgan fingerprint density at radius 1 is 1.19 bits per heavy atom. The Hall–Kier alpha value is -3.66. The molecule has 0 fully saturated rings. The first-order valence-corrected chi connectivity index (χ1v) is 7.68. The average molecular weight is 351 g/mol. The fourth-order valence-corrected chi connectivity index (χ4v) is 3.22. The van der Waals surface area contributed by atoms with Crippen LogP contribution >= 0.6 is 0 Å². The van der Waals surface area contributed by atoms with Gasteiger partial charge in [-0.25, -0.2) is 8.78 Å². The predicted molar refractivity (Wildman–Crippen MR) is 90.2 cm³/mol. The van der Waals surface area contributed by atoms with E-state index in [2.05, 4.69) is 4.98 Å². The molecule has 0 radical (unpaired) electrons. The molecule has 3 N–H and O–H groups in total. The van der Waals surface area contributed by atoms with Crippen molar-refractivity contribution in [2.45, 2.75) is 5.92 Å². The highest BCUT2D eigenvalue weighted by atomic mass is 19.1. The molecule has 5 nitrogen and oxygen atoms in total. The van der Waals surface area contributed by atoms with E-state index in [4.69, 9.17) is 10.5 Å². The van der Waals surface area contributed by atoms with E-state index >= 15 is 0 Å². The fourth-order valence-electron chi connectivity index (χ4n) is 3.22. The van der Waals surface area contributed by atoms with Crippen LogP contribution in [-0.2, 0) is 0 Å². The van der Waals surface area contributed by atoms with Crippen LogP contribution < -0.4 is 16.0 Å². The first-order valence-electron chi connectivity index (χ1n) is 7.68. The monoisotopic (exact) mass is 351 g/mol. The van der Waals surface area contributed by atoms with Gasteiger partial charge in [-0.05, 0) is 18.2 Å². The van der Waals surface area contributed by atoms with E-state index < -0.39 is 23.1 Å². The number of para-hydroxylation sites is 1. The molecule has 128 valence electrons. The first-order chi connectivity index (χ1) is 12.5. The van der Waals surface area contributed by atoms with Gasteiger partial charge in [-0.3, -0.25) is 4.79 Å². The van der Waals surface area contributed by atoms with E-state index in [0.29, 0.717) is 17.0 Å². The number of nitrogens with zero attached hydrogens (tertiary/aromatic N) is 1. The zero-order valence-corrected chi connectivity index (χ0v) is 13.2. The summed E-state index contributed by atoms with van der Waals surface area (Å²) in [7, 11) is 0. The maximum Gasteiger partial charge on any atom is 0.256 e. The maximum absolute atomic E-state index is 14.4. The van der Waals surface area contributed by atoms with Crippen LogP contribution in [0.4, 0.5) is 8.78 Å². The summed E-state index contributed by atoms with van der Waals surface area (Å²) in [6.07, 6.45) is 0. The number of hydrogen-bond donors (Lipinski definition) is 2. The van der Waals surface area contributed by atoms with Crippen molar-refractivity contribution in [3.63, 3.8) is 0 Å². The van der Waals surface area contributed by atoms with Gasteiger partial charge in [-0.15, -0.1) is 0 Å². The van der Waals surface area contributed by atoms with E-state index in [9.17, 15) is 18.8 Å². The Morgan fingerprint density at radius 2 is 1.96 bits per heavy atom. The molecule has 3 aromatic rings. The second-order valence-electron chi connectivity index (χ2n) is 5.83. The lowest BCUT2D eigenvalue weighted by Gasteiger charge is -2.26. The molecule has 0 amide bonds. The number of aromatic nitrogens is 1. The minimum absolute atomic E-state index is 0.0313. The van der Waals surface area contributed by atoms with Crippen molar-refractivity contribution in [2.75, 3.05) is 0 Å². The minimum Gasteiger partial charge on any atom is -0.439 e. The lowest BCUT2D eigenvalue weighted by atomic mass is 9.83. The molecular weight excluding hydrogens is 340 g/mol. The standard InChI is InChI=1S/C19H11F2N3O2/c20-9-5-6-10(13(21)7-9)15-12(8-22)18(23)26-17-11-3-1-2-4-14(11)24-19(25)16(15)17/h1-7,15H,23H2,(H,24,25)/t15-/m0/s1. The fraction of sp³-hybridized carbons (Fsp3) is 0.0526. The van der Waals surface area contributed by atoms with Crippen LogP contribution in [0.5, 0.6) is 5.75 Å². The summed E-state index contributed by atoms with van der Waals surface area (Å²) in [5, 5.41) is 10.1. The Labute approximate surface area is 145 Å². The maximum atomic E-state index is 14.4. The Kier molecular flexibility index (Phi) is 3.48. The summed E-state index contributed by atoms with van der Waals surface area (Å²) < 4.78 is 33.3. The molecule has 0 saturated heterocycles. The largest absolute Gasteiger partial charge is 0.439 e. The molecule has 1 atom stereocenters. The van der Waals surface area contributed by atoms with Gasteiger partial charge in [0.25, 0.3) is 5.56 Å². The molecule has 0 saturated carbocycles. The number of fused-ring (bicyclic) bond motifs is 3.